The molecule has 0 atom stereocenters. The Bertz CT molecular complexity index is 999. The van der Waals surface area contributed by atoms with E-state index in [1.807, 2.05) is 13.8 Å². The number of methoxy groups -OCH3 is 2. The standard InChI is InChI=1S/C19H25ClN4O5/c1-11(2)10-24-16(21)15(17(25)22-19(24)27)23(7-8-28-3)18(26)13-9-12(20)5-6-14(13)29-4/h5-6,9,11H,7-8,10,21H2,1-4H3,(H,22,25,27). The van der Waals surface area contributed by atoms with E-state index in [0.717, 1.165) is 0 Å². The number of carbonyl (C=O) groups excluding carboxylic acids is 1. The molecular formula is C19H25ClN4O5. The first-order chi connectivity index (χ1) is 13.7. The highest BCUT2D eigenvalue weighted by molar-refractivity contribution is 6.31. The van der Waals surface area contributed by atoms with E-state index < -0.39 is 17.2 Å². The number of hydrogen-bond acceptors (Lipinski definition) is 6. The van der Waals surface area contributed by atoms with Gasteiger partial charge < -0.3 is 15.2 Å². The minimum Gasteiger partial charge on any atom is -0.496 e. The number of aromatic nitrogens is 2. The lowest BCUT2D eigenvalue weighted by Gasteiger charge is -2.25. The molecular weight excluding hydrogens is 400 g/mol. The Morgan fingerprint density at radius 3 is 2.59 bits per heavy atom. The summed E-state index contributed by atoms with van der Waals surface area (Å²) in [4.78, 5) is 41.6. The quantitative estimate of drug-likeness (QED) is 0.665. The van der Waals surface area contributed by atoms with Crippen molar-refractivity contribution in [3.05, 3.63) is 49.6 Å². The van der Waals surface area contributed by atoms with Crippen molar-refractivity contribution in [2.45, 2.75) is 20.4 Å². The van der Waals surface area contributed by atoms with Crippen LogP contribution in [0.1, 0.15) is 24.2 Å². The number of nitrogens with one attached hydrogen (secondary N) is 1. The molecule has 3 N–H and O–H groups in total. The van der Waals surface area contributed by atoms with Crippen molar-refractivity contribution in [3.8, 4) is 5.75 Å². The zero-order valence-corrected chi connectivity index (χ0v) is 17.6. The second kappa shape index (κ2) is 9.62. The van der Waals surface area contributed by atoms with Gasteiger partial charge in [0, 0.05) is 25.2 Å². The molecule has 2 aromatic rings. The molecule has 10 heteroatoms. The first-order valence-electron chi connectivity index (χ1n) is 8.98. The number of ether oxygens (including phenoxy) is 2. The first-order valence-corrected chi connectivity index (χ1v) is 9.36. The molecule has 1 heterocycles. The summed E-state index contributed by atoms with van der Waals surface area (Å²) in [7, 11) is 2.89. The Hall–Kier alpha value is -2.78. The average Bonchev–Trinajstić information content (AvgIpc) is 2.66. The molecule has 158 valence electrons. The van der Waals surface area contributed by atoms with E-state index in [-0.39, 0.29) is 48.4 Å². The minimum absolute atomic E-state index is 0.0260. The summed E-state index contributed by atoms with van der Waals surface area (Å²) in [6, 6.07) is 4.58. The Balaban J connectivity index is 2.68. The predicted molar refractivity (Wildman–Crippen MR) is 112 cm³/mol. The van der Waals surface area contributed by atoms with Crippen LogP contribution in [0.15, 0.2) is 27.8 Å². The van der Waals surface area contributed by atoms with Gasteiger partial charge in [-0.3, -0.25) is 24.0 Å². The fourth-order valence-electron chi connectivity index (χ4n) is 2.87. The third kappa shape index (κ3) is 4.99. The number of halogens is 1. The maximum atomic E-state index is 13.3. The molecule has 0 saturated carbocycles. The summed E-state index contributed by atoms with van der Waals surface area (Å²) >= 11 is 6.05. The van der Waals surface area contributed by atoms with Crippen LogP contribution in [0.25, 0.3) is 0 Å². The van der Waals surface area contributed by atoms with Crippen LogP contribution in [-0.2, 0) is 11.3 Å². The van der Waals surface area contributed by atoms with Crippen LogP contribution in [0.5, 0.6) is 5.75 Å². The molecule has 0 bridgehead atoms. The van der Waals surface area contributed by atoms with E-state index in [2.05, 4.69) is 4.98 Å². The lowest BCUT2D eigenvalue weighted by molar-refractivity contribution is 0.0972. The van der Waals surface area contributed by atoms with Gasteiger partial charge in [0.25, 0.3) is 11.5 Å². The maximum Gasteiger partial charge on any atom is 0.330 e. The second-order valence-corrected chi connectivity index (χ2v) is 7.23. The lowest BCUT2D eigenvalue weighted by Crippen LogP contribution is -2.43. The Morgan fingerprint density at radius 2 is 2.00 bits per heavy atom. The smallest absolute Gasteiger partial charge is 0.330 e. The number of rotatable bonds is 8. The number of carbonyl (C=O) groups is 1. The Kier molecular flexibility index (Phi) is 7.46. The van der Waals surface area contributed by atoms with Crippen LogP contribution < -0.4 is 26.6 Å². The predicted octanol–water partition coefficient (Wildman–Crippen LogP) is 1.73. The van der Waals surface area contributed by atoms with Crippen molar-refractivity contribution in [2.24, 2.45) is 5.92 Å². The highest BCUT2D eigenvalue weighted by Crippen LogP contribution is 2.27. The Morgan fingerprint density at radius 1 is 1.31 bits per heavy atom. The summed E-state index contributed by atoms with van der Waals surface area (Å²) in [5, 5.41) is 0.326. The first kappa shape index (κ1) is 22.5. The third-order valence-electron chi connectivity index (χ3n) is 4.19. The summed E-state index contributed by atoms with van der Waals surface area (Å²) in [5.41, 5.74) is 4.79. The van der Waals surface area contributed by atoms with E-state index in [0.29, 0.717) is 5.02 Å². The van der Waals surface area contributed by atoms with Gasteiger partial charge >= 0.3 is 5.69 Å². The van der Waals surface area contributed by atoms with Crippen LogP contribution in [0.4, 0.5) is 11.5 Å². The summed E-state index contributed by atoms with van der Waals surface area (Å²) < 4.78 is 11.6. The lowest BCUT2D eigenvalue weighted by atomic mass is 10.1. The molecule has 0 saturated heterocycles. The molecule has 1 amide bonds. The van der Waals surface area contributed by atoms with Gasteiger partial charge in [-0.05, 0) is 24.1 Å². The second-order valence-electron chi connectivity index (χ2n) is 6.79. The molecule has 29 heavy (non-hydrogen) atoms. The van der Waals surface area contributed by atoms with Crippen LogP contribution in [0.3, 0.4) is 0 Å². The molecule has 1 aromatic heterocycles. The number of aromatic amines is 1. The molecule has 0 unspecified atom stereocenters. The van der Waals surface area contributed by atoms with Gasteiger partial charge in [0.2, 0.25) is 0 Å². The highest BCUT2D eigenvalue weighted by atomic mass is 35.5. The minimum atomic E-state index is -0.766. The average molecular weight is 425 g/mol. The van der Waals surface area contributed by atoms with Gasteiger partial charge in [-0.15, -0.1) is 0 Å². The molecule has 0 aliphatic carbocycles. The normalized spacial score (nSPS) is 11.0. The SMILES string of the molecule is COCCN(C(=O)c1cc(Cl)ccc1OC)c1c(N)n(CC(C)C)c(=O)[nH]c1=O. The van der Waals surface area contributed by atoms with E-state index in [4.69, 9.17) is 26.8 Å². The van der Waals surface area contributed by atoms with E-state index in [1.54, 1.807) is 12.1 Å². The van der Waals surface area contributed by atoms with Crippen LogP contribution in [0.2, 0.25) is 5.02 Å². The van der Waals surface area contributed by atoms with Crippen molar-refractivity contribution in [1.29, 1.82) is 0 Å². The van der Waals surface area contributed by atoms with E-state index in [1.165, 1.54) is 29.8 Å². The fourth-order valence-corrected chi connectivity index (χ4v) is 3.05. The van der Waals surface area contributed by atoms with E-state index in [9.17, 15) is 14.4 Å². The van der Waals surface area contributed by atoms with Gasteiger partial charge in [0.15, 0.2) is 5.69 Å². The number of hydrogen-bond donors (Lipinski definition) is 2. The largest absolute Gasteiger partial charge is 0.496 e. The summed E-state index contributed by atoms with van der Waals surface area (Å²) in [5.74, 6) is -0.288. The van der Waals surface area contributed by atoms with E-state index >= 15 is 0 Å². The number of nitrogens with two attached hydrogens (primary N) is 1. The number of anilines is 2. The van der Waals surface area contributed by atoms with Gasteiger partial charge in [0.1, 0.15) is 11.6 Å². The number of nitrogen functional groups attached to an aromatic ring is 1. The molecule has 0 spiro atoms. The van der Waals surface area contributed by atoms with Crippen molar-refractivity contribution in [2.75, 3.05) is 38.0 Å². The molecule has 0 fully saturated rings. The Labute approximate surface area is 173 Å². The number of nitrogens with zero attached hydrogens (tertiary/aromatic N) is 2. The maximum absolute atomic E-state index is 13.3. The molecule has 9 nitrogen and oxygen atoms in total. The zero-order valence-electron chi connectivity index (χ0n) is 16.8. The zero-order chi connectivity index (χ0) is 21.7. The number of amides is 1. The number of benzene rings is 1. The van der Waals surface area contributed by atoms with Gasteiger partial charge in [-0.25, -0.2) is 4.79 Å². The topological polar surface area (TPSA) is 120 Å². The van der Waals surface area contributed by atoms with Crippen molar-refractivity contribution >= 4 is 29.0 Å². The van der Waals surface area contributed by atoms with Crippen LogP contribution in [0, 0.1) is 5.92 Å². The van der Waals surface area contributed by atoms with Crippen LogP contribution in [-0.4, -0.2) is 42.8 Å². The van der Waals surface area contributed by atoms with Crippen molar-refractivity contribution in [1.82, 2.24) is 9.55 Å². The van der Waals surface area contributed by atoms with Gasteiger partial charge in [-0.2, -0.15) is 0 Å². The third-order valence-corrected chi connectivity index (χ3v) is 4.42. The van der Waals surface area contributed by atoms with Gasteiger partial charge in [-0.1, -0.05) is 25.4 Å². The number of H-pyrrole nitrogens is 1. The molecule has 1 aromatic carbocycles. The molecule has 2 rings (SSSR count). The van der Waals surface area contributed by atoms with Crippen molar-refractivity contribution in [3.63, 3.8) is 0 Å². The molecule has 0 radical (unpaired) electrons. The summed E-state index contributed by atoms with van der Waals surface area (Å²) in [6.45, 7) is 4.25. The highest BCUT2D eigenvalue weighted by Gasteiger charge is 2.27. The molecule has 0 aliphatic rings. The fraction of sp³-hybridized carbons (Fsp3) is 0.421. The summed E-state index contributed by atoms with van der Waals surface area (Å²) in [6.07, 6.45) is 0. The van der Waals surface area contributed by atoms with Crippen LogP contribution >= 0.6 is 11.6 Å². The monoisotopic (exact) mass is 424 g/mol. The van der Waals surface area contributed by atoms with Crippen molar-refractivity contribution < 1.29 is 14.3 Å². The molecule has 0 aliphatic heterocycles. The van der Waals surface area contributed by atoms with Gasteiger partial charge in [0.05, 0.1) is 19.3 Å².